The lowest BCUT2D eigenvalue weighted by atomic mass is 10.1. The number of carbonyl (C=O) groups excluding carboxylic acids is 1. The summed E-state index contributed by atoms with van der Waals surface area (Å²) >= 11 is 0. The van der Waals surface area contributed by atoms with Crippen molar-refractivity contribution in [3.8, 4) is 0 Å². The molecule has 1 heterocycles. The van der Waals surface area contributed by atoms with Crippen LogP contribution >= 0.6 is 0 Å². The van der Waals surface area contributed by atoms with Crippen molar-refractivity contribution in [2.45, 2.75) is 32.8 Å². The van der Waals surface area contributed by atoms with Gasteiger partial charge in [0, 0.05) is 13.1 Å². The van der Waals surface area contributed by atoms with Gasteiger partial charge in [0.05, 0.1) is 0 Å². The van der Waals surface area contributed by atoms with Crippen LogP contribution in [0.15, 0.2) is 21.6 Å². The zero-order chi connectivity index (χ0) is 15.5. The number of furan rings is 1. The van der Waals surface area contributed by atoms with Crippen molar-refractivity contribution >= 4 is 15.9 Å². The molecule has 0 aliphatic rings. The summed E-state index contributed by atoms with van der Waals surface area (Å²) in [5.74, 6) is 0.299. The average Bonchev–Trinajstić information content (AvgIpc) is 2.74. The fraction of sp³-hybridized carbons (Fsp3) is 0.615. The normalized spacial score (nSPS) is 12.2. The molecule has 0 bridgehead atoms. The predicted molar refractivity (Wildman–Crippen MR) is 75.7 cm³/mol. The van der Waals surface area contributed by atoms with E-state index in [-0.39, 0.29) is 11.7 Å². The van der Waals surface area contributed by atoms with Gasteiger partial charge in [0.15, 0.2) is 5.76 Å². The van der Waals surface area contributed by atoms with Gasteiger partial charge in [0.25, 0.3) is 15.9 Å². The van der Waals surface area contributed by atoms with E-state index in [0.717, 1.165) is 0 Å². The first-order valence-corrected chi connectivity index (χ1v) is 8.07. The smallest absolute Gasteiger partial charge is 0.289 e. The molecule has 0 atom stereocenters. The fourth-order valence-corrected chi connectivity index (χ4v) is 2.33. The lowest BCUT2D eigenvalue weighted by Crippen LogP contribution is -2.36. The van der Waals surface area contributed by atoms with Gasteiger partial charge < -0.3 is 9.32 Å². The number of nitrogens with zero attached hydrogens (tertiary/aromatic N) is 1. The Kier molecular flexibility index (Phi) is 5.35. The largest absolute Gasteiger partial charge is 0.438 e. The van der Waals surface area contributed by atoms with Crippen molar-refractivity contribution in [1.29, 1.82) is 0 Å². The number of carbonyl (C=O) groups is 1. The first-order valence-electron chi connectivity index (χ1n) is 6.53. The molecule has 2 N–H and O–H groups in total. The van der Waals surface area contributed by atoms with Gasteiger partial charge in [0.1, 0.15) is 0 Å². The first-order chi connectivity index (χ1) is 9.11. The van der Waals surface area contributed by atoms with Crippen LogP contribution in [0, 0.1) is 11.8 Å². The summed E-state index contributed by atoms with van der Waals surface area (Å²) in [6, 6.07) is 2.54. The van der Waals surface area contributed by atoms with E-state index in [0.29, 0.717) is 24.9 Å². The molecule has 1 aromatic rings. The maximum absolute atomic E-state index is 12.4. The Morgan fingerprint density at radius 2 is 1.70 bits per heavy atom. The van der Waals surface area contributed by atoms with Crippen LogP contribution in [-0.4, -0.2) is 32.3 Å². The lowest BCUT2D eigenvalue weighted by molar-refractivity contribution is 0.0677. The molecule has 0 saturated heterocycles. The predicted octanol–water partition coefficient (Wildman–Crippen LogP) is 1.68. The van der Waals surface area contributed by atoms with Crippen LogP contribution in [0.4, 0.5) is 0 Å². The van der Waals surface area contributed by atoms with Crippen molar-refractivity contribution in [2.75, 3.05) is 13.1 Å². The highest BCUT2D eigenvalue weighted by molar-refractivity contribution is 7.89. The molecule has 1 aromatic heterocycles. The van der Waals surface area contributed by atoms with Crippen LogP contribution in [0.1, 0.15) is 38.2 Å². The average molecular weight is 302 g/mol. The van der Waals surface area contributed by atoms with Gasteiger partial charge in [0.2, 0.25) is 5.09 Å². The zero-order valence-corrected chi connectivity index (χ0v) is 13.1. The molecule has 0 spiro atoms. The third-order valence-corrected chi connectivity index (χ3v) is 3.31. The maximum Gasteiger partial charge on any atom is 0.289 e. The molecule has 0 radical (unpaired) electrons. The van der Waals surface area contributed by atoms with Gasteiger partial charge in [-0.3, -0.25) is 4.79 Å². The quantitative estimate of drug-likeness (QED) is 0.865. The van der Waals surface area contributed by atoms with E-state index in [2.05, 4.69) is 0 Å². The highest BCUT2D eigenvalue weighted by Crippen LogP contribution is 2.16. The summed E-state index contributed by atoms with van der Waals surface area (Å²) in [6.45, 7) is 9.22. The molecule has 1 rings (SSSR count). The second kappa shape index (κ2) is 6.41. The molecular formula is C13H22N2O4S. The molecule has 0 unspecified atom stereocenters. The Labute approximate surface area is 120 Å². The van der Waals surface area contributed by atoms with Crippen molar-refractivity contribution in [3.63, 3.8) is 0 Å². The standard InChI is InChI=1S/C13H22N2O4S/c1-9(2)7-15(8-10(3)4)13(16)11-5-6-12(19-11)20(14,17)18/h5-6,9-10H,7-8H2,1-4H3,(H2,14,17,18). The molecule has 0 fully saturated rings. The summed E-state index contributed by atoms with van der Waals surface area (Å²) in [5.41, 5.74) is 0. The summed E-state index contributed by atoms with van der Waals surface area (Å²) in [7, 11) is -3.92. The van der Waals surface area contributed by atoms with Crippen molar-refractivity contribution in [1.82, 2.24) is 4.90 Å². The van der Waals surface area contributed by atoms with Gasteiger partial charge >= 0.3 is 0 Å². The van der Waals surface area contributed by atoms with Crippen molar-refractivity contribution in [3.05, 3.63) is 17.9 Å². The summed E-state index contributed by atoms with van der Waals surface area (Å²) < 4.78 is 27.4. The minimum atomic E-state index is -3.92. The molecule has 114 valence electrons. The minimum absolute atomic E-state index is 0.00433. The lowest BCUT2D eigenvalue weighted by Gasteiger charge is -2.25. The van der Waals surface area contributed by atoms with Crippen LogP contribution in [0.5, 0.6) is 0 Å². The number of hydrogen-bond acceptors (Lipinski definition) is 4. The van der Waals surface area contributed by atoms with Crippen LogP contribution in [0.3, 0.4) is 0 Å². The van der Waals surface area contributed by atoms with Crippen LogP contribution in [0.2, 0.25) is 0 Å². The Morgan fingerprint density at radius 3 is 2.05 bits per heavy atom. The second-order valence-electron chi connectivity index (χ2n) is 5.66. The van der Waals surface area contributed by atoms with E-state index < -0.39 is 15.1 Å². The third kappa shape index (κ3) is 4.64. The highest BCUT2D eigenvalue weighted by Gasteiger charge is 2.23. The molecule has 7 heteroatoms. The molecule has 0 aromatic carbocycles. The van der Waals surface area contributed by atoms with Gasteiger partial charge in [-0.25, -0.2) is 13.6 Å². The number of amides is 1. The van der Waals surface area contributed by atoms with Crippen molar-refractivity contribution < 1.29 is 17.6 Å². The second-order valence-corrected chi connectivity index (χ2v) is 7.15. The van der Waals surface area contributed by atoms with Gasteiger partial charge in [-0.2, -0.15) is 0 Å². The molecule has 0 saturated carbocycles. The van der Waals surface area contributed by atoms with Crippen LogP contribution in [-0.2, 0) is 10.0 Å². The monoisotopic (exact) mass is 302 g/mol. The molecule has 1 amide bonds. The molecular weight excluding hydrogens is 280 g/mol. The Morgan fingerprint density at radius 1 is 1.20 bits per heavy atom. The Hall–Kier alpha value is -1.34. The number of sulfonamides is 1. The fourth-order valence-electron chi connectivity index (χ4n) is 1.87. The number of rotatable bonds is 6. The molecule has 0 aliphatic heterocycles. The minimum Gasteiger partial charge on any atom is -0.438 e. The summed E-state index contributed by atoms with van der Waals surface area (Å²) in [4.78, 5) is 14.0. The van der Waals surface area contributed by atoms with Crippen LogP contribution in [0.25, 0.3) is 0 Å². The third-order valence-electron chi connectivity index (χ3n) is 2.53. The van der Waals surface area contributed by atoms with Crippen molar-refractivity contribution in [2.24, 2.45) is 17.0 Å². The SMILES string of the molecule is CC(C)CN(CC(C)C)C(=O)c1ccc(S(N)(=O)=O)o1. The summed E-state index contributed by atoms with van der Waals surface area (Å²) in [5, 5.41) is 4.57. The zero-order valence-electron chi connectivity index (χ0n) is 12.3. The number of hydrogen-bond donors (Lipinski definition) is 1. The Bertz CT molecular complexity index is 551. The van der Waals surface area contributed by atoms with Gasteiger partial charge in [-0.15, -0.1) is 0 Å². The van der Waals surface area contributed by atoms with Gasteiger partial charge in [-0.05, 0) is 24.0 Å². The van der Waals surface area contributed by atoms with E-state index in [9.17, 15) is 13.2 Å². The molecule has 0 aliphatic carbocycles. The molecule has 20 heavy (non-hydrogen) atoms. The topological polar surface area (TPSA) is 93.6 Å². The molecule has 6 nitrogen and oxygen atoms in total. The van der Waals surface area contributed by atoms with E-state index in [4.69, 9.17) is 9.56 Å². The van der Waals surface area contributed by atoms with Gasteiger partial charge in [-0.1, -0.05) is 27.7 Å². The Balaban J connectivity index is 2.97. The van der Waals surface area contributed by atoms with E-state index in [1.54, 1.807) is 4.90 Å². The highest BCUT2D eigenvalue weighted by atomic mass is 32.2. The summed E-state index contributed by atoms with van der Waals surface area (Å²) in [6.07, 6.45) is 0. The van der Waals surface area contributed by atoms with E-state index >= 15 is 0 Å². The van der Waals surface area contributed by atoms with E-state index in [1.165, 1.54) is 12.1 Å². The first kappa shape index (κ1) is 16.7. The number of primary sulfonamides is 1. The van der Waals surface area contributed by atoms with E-state index in [1.807, 2.05) is 27.7 Å². The maximum atomic E-state index is 12.4. The van der Waals surface area contributed by atoms with Crippen LogP contribution < -0.4 is 5.14 Å². The number of nitrogens with two attached hydrogens (primary N) is 1.